The summed E-state index contributed by atoms with van der Waals surface area (Å²) in [6, 6.07) is 17.1. The van der Waals surface area contributed by atoms with Crippen molar-refractivity contribution in [3.8, 4) is 11.5 Å². The maximum Gasteiger partial charge on any atom is 0.283 e. The first-order chi connectivity index (χ1) is 17.0. The van der Waals surface area contributed by atoms with Crippen molar-refractivity contribution in [3.63, 3.8) is 0 Å². The fourth-order valence-corrected chi connectivity index (χ4v) is 4.47. The molecule has 0 fully saturated rings. The van der Waals surface area contributed by atoms with Gasteiger partial charge in [0.1, 0.15) is 11.7 Å². The molecule has 174 valence electrons. The van der Waals surface area contributed by atoms with Crippen LogP contribution in [0.5, 0.6) is 11.5 Å². The number of nitrogens with zero attached hydrogens (tertiary/aromatic N) is 4. The normalized spacial score (nSPS) is 16.2. The van der Waals surface area contributed by atoms with Crippen molar-refractivity contribution in [2.75, 3.05) is 7.11 Å². The number of carbonyl (C=O) groups is 1. The van der Waals surface area contributed by atoms with Crippen LogP contribution in [-0.2, 0) is 11.4 Å². The average molecular weight is 484 g/mol. The molecule has 0 aliphatic carbocycles. The third-order valence-electron chi connectivity index (χ3n) is 5.51. The fourth-order valence-electron chi connectivity index (χ4n) is 3.59. The molecule has 3 heterocycles. The Morgan fingerprint density at radius 1 is 1.11 bits per heavy atom. The molecule has 0 bridgehead atoms. The average Bonchev–Trinajstić information content (AvgIpc) is 3.31. The van der Waals surface area contributed by atoms with Gasteiger partial charge in [-0.1, -0.05) is 30.3 Å². The number of nitrogens with one attached hydrogen (secondary N) is 1. The van der Waals surface area contributed by atoms with E-state index in [1.165, 1.54) is 16.8 Å². The van der Waals surface area contributed by atoms with Crippen molar-refractivity contribution in [2.24, 2.45) is 10.1 Å². The Kier molecular flexibility index (Phi) is 6.15. The zero-order valence-corrected chi connectivity index (χ0v) is 19.9. The van der Waals surface area contributed by atoms with Gasteiger partial charge in [0.25, 0.3) is 5.91 Å². The molecule has 2 aromatic carbocycles. The summed E-state index contributed by atoms with van der Waals surface area (Å²) in [6.07, 6.45) is 4.97. The van der Waals surface area contributed by atoms with Gasteiger partial charge in [-0.2, -0.15) is 15.1 Å². The maximum atomic E-state index is 12.8. The maximum absolute atomic E-state index is 12.8. The first kappa shape index (κ1) is 22.5. The molecule has 2 aliphatic heterocycles. The van der Waals surface area contributed by atoms with Crippen molar-refractivity contribution in [3.05, 3.63) is 94.8 Å². The topological polar surface area (TPSA) is 100 Å². The number of amides is 1. The number of methoxy groups -OCH3 is 1. The molecule has 0 unspecified atom stereocenters. The number of rotatable bonds is 6. The molecule has 9 heteroatoms. The van der Waals surface area contributed by atoms with Crippen LogP contribution in [-0.4, -0.2) is 39.1 Å². The zero-order chi connectivity index (χ0) is 24.4. The highest BCUT2D eigenvalue weighted by molar-refractivity contribution is 8.27. The number of benzene rings is 2. The third kappa shape index (κ3) is 4.58. The van der Waals surface area contributed by atoms with Crippen LogP contribution in [0.3, 0.4) is 0 Å². The number of carbonyl (C=O) groups excluding carboxylic acids is 1. The quantitative estimate of drug-likeness (QED) is 0.513. The Morgan fingerprint density at radius 2 is 1.97 bits per heavy atom. The van der Waals surface area contributed by atoms with Gasteiger partial charge in [0.05, 0.1) is 12.7 Å². The van der Waals surface area contributed by atoms with E-state index >= 15 is 0 Å². The third-order valence-corrected chi connectivity index (χ3v) is 6.46. The molecular formula is C26H21N5O3S. The van der Waals surface area contributed by atoms with Gasteiger partial charge in [-0.15, -0.1) is 0 Å². The van der Waals surface area contributed by atoms with E-state index in [1.807, 2.05) is 43.3 Å². The van der Waals surface area contributed by atoms with Crippen molar-refractivity contribution in [1.82, 2.24) is 9.99 Å². The Bertz CT molecular complexity index is 1420. The lowest BCUT2D eigenvalue weighted by Crippen LogP contribution is -2.35. The molecule has 5 rings (SSSR count). The number of thioether (sulfide) groups is 1. The summed E-state index contributed by atoms with van der Waals surface area (Å²) in [7, 11) is 1.56. The van der Waals surface area contributed by atoms with E-state index in [4.69, 9.17) is 14.9 Å². The second-order valence-electron chi connectivity index (χ2n) is 7.79. The SMILES string of the molecule is COc1cc(C=C2C(=N)N3N=C(c4cccnc4)SC3=NC2=O)ccc1OCc1ccccc1C. The number of aromatic nitrogens is 1. The van der Waals surface area contributed by atoms with Crippen molar-refractivity contribution >= 4 is 39.8 Å². The van der Waals surface area contributed by atoms with Gasteiger partial charge >= 0.3 is 0 Å². The number of ether oxygens (including phenoxy) is 2. The first-order valence-electron chi connectivity index (χ1n) is 10.8. The van der Waals surface area contributed by atoms with Crippen molar-refractivity contribution in [1.29, 1.82) is 5.41 Å². The van der Waals surface area contributed by atoms with Crippen LogP contribution >= 0.6 is 11.8 Å². The van der Waals surface area contributed by atoms with E-state index < -0.39 is 5.91 Å². The minimum absolute atomic E-state index is 0.0368. The zero-order valence-electron chi connectivity index (χ0n) is 19.1. The molecule has 0 spiro atoms. The lowest BCUT2D eigenvalue weighted by molar-refractivity contribution is -0.114. The monoisotopic (exact) mass is 483 g/mol. The van der Waals surface area contributed by atoms with Gasteiger partial charge in [-0.05, 0) is 65.7 Å². The van der Waals surface area contributed by atoms with E-state index in [-0.39, 0.29) is 11.4 Å². The fraction of sp³-hybridized carbons (Fsp3) is 0.115. The van der Waals surface area contributed by atoms with Crippen LogP contribution in [0, 0.1) is 12.3 Å². The van der Waals surface area contributed by atoms with E-state index in [1.54, 1.807) is 43.8 Å². The van der Waals surface area contributed by atoms with E-state index in [2.05, 4.69) is 15.1 Å². The molecular weight excluding hydrogens is 462 g/mol. The Labute approximate surface area is 206 Å². The lowest BCUT2D eigenvalue weighted by atomic mass is 10.1. The van der Waals surface area contributed by atoms with Gasteiger partial charge in [-0.25, -0.2) is 0 Å². The minimum atomic E-state index is -0.491. The van der Waals surface area contributed by atoms with Crippen LogP contribution < -0.4 is 9.47 Å². The molecule has 35 heavy (non-hydrogen) atoms. The highest BCUT2D eigenvalue weighted by atomic mass is 32.2. The molecule has 1 N–H and O–H groups in total. The van der Waals surface area contributed by atoms with Gasteiger partial charge in [0.2, 0.25) is 5.17 Å². The Hall–Kier alpha value is -4.24. The summed E-state index contributed by atoms with van der Waals surface area (Å²) in [5.74, 6) is 0.589. The minimum Gasteiger partial charge on any atom is -0.493 e. The number of amidine groups is 2. The van der Waals surface area contributed by atoms with Crippen molar-refractivity contribution < 1.29 is 14.3 Å². The predicted molar refractivity (Wildman–Crippen MR) is 137 cm³/mol. The van der Waals surface area contributed by atoms with Gasteiger partial charge in [0, 0.05) is 18.0 Å². The molecule has 0 radical (unpaired) electrons. The van der Waals surface area contributed by atoms with E-state index in [0.29, 0.717) is 33.9 Å². The summed E-state index contributed by atoms with van der Waals surface area (Å²) >= 11 is 1.24. The highest BCUT2D eigenvalue weighted by Crippen LogP contribution is 2.33. The molecule has 3 aromatic rings. The van der Waals surface area contributed by atoms with Gasteiger partial charge < -0.3 is 9.47 Å². The van der Waals surface area contributed by atoms with Gasteiger partial charge in [-0.3, -0.25) is 15.2 Å². The highest BCUT2D eigenvalue weighted by Gasteiger charge is 2.36. The number of hydrogen-bond acceptors (Lipinski definition) is 7. The van der Waals surface area contributed by atoms with Crippen LogP contribution in [0.2, 0.25) is 0 Å². The summed E-state index contributed by atoms with van der Waals surface area (Å²) in [5.41, 5.74) is 3.86. The van der Waals surface area contributed by atoms with Crippen LogP contribution in [0.15, 0.2) is 82.7 Å². The standard InChI is InChI=1S/C26H21N5O3S/c1-16-6-3-4-7-19(16)15-34-21-10-9-17(13-22(21)33-2)12-20-23(27)31-26(29-24(20)32)35-25(30-31)18-8-5-11-28-14-18/h3-14,27H,15H2,1-2H3. The number of fused-ring (bicyclic) bond motifs is 1. The van der Waals surface area contributed by atoms with E-state index in [9.17, 15) is 4.79 Å². The molecule has 0 saturated heterocycles. The van der Waals surface area contributed by atoms with Crippen LogP contribution in [0.1, 0.15) is 22.3 Å². The lowest BCUT2D eigenvalue weighted by Gasteiger charge is -2.20. The number of pyridine rings is 1. The second kappa shape index (κ2) is 9.55. The van der Waals surface area contributed by atoms with Gasteiger partial charge in [0.15, 0.2) is 17.3 Å². The molecule has 2 aliphatic rings. The van der Waals surface area contributed by atoms with Crippen LogP contribution in [0.4, 0.5) is 0 Å². The summed E-state index contributed by atoms with van der Waals surface area (Å²) < 4.78 is 11.5. The molecule has 0 atom stereocenters. The number of hydrazone groups is 1. The van der Waals surface area contributed by atoms with Crippen LogP contribution in [0.25, 0.3) is 6.08 Å². The summed E-state index contributed by atoms with van der Waals surface area (Å²) in [4.78, 5) is 21.0. The number of aliphatic imine (C=N–C) groups is 1. The molecule has 1 amide bonds. The number of aryl methyl sites for hydroxylation is 1. The van der Waals surface area contributed by atoms with E-state index in [0.717, 1.165) is 16.7 Å². The second-order valence-corrected chi connectivity index (χ2v) is 8.75. The Balaban J connectivity index is 1.38. The predicted octanol–water partition coefficient (Wildman–Crippen LogP) is 4.65. The Morgan fingerprint density at radius 3 is 2.74 bits per heavy atom. The molecule has 1 aromatic heterocycles. The smallest absolute Gasteiger partial charge is 0.283 e. The van der Waals surface area contributed by atoms with Crippen molar-refractivity contribution in [2.45, 2.75) is 13.5 Å². The number of hydrogen-bond donors (Lipinski definition) is 1. The first-order valence-corrected chi connectivity index (χ1v) is 11.6. The molecule has 8 nitrogen and oxygen atoms in total. The largest absolute Gasteiger partial charge is 0.493 e. The summed E-state index contributed by atoms with van der Waals surface area (Å²) in [6.45, 7) is 2.45. The summed E-state index contributed by atoms with van der Waals surface area (Å²) in [5, 5.41) is 15.4. The molecule has 0 saturated carbocycles.